The highest BCUT2D eigenvalue weighted by Crippen LogP contribution is 2.57. The number of sulfonamides is 1. The van der Waals surface area contributed by atoms with Crippen LogP contribution in [0.25, 0.3) is 11.1 Å². The van der Waals surface area contributed by atoms with Crippen LogP contribution >= 0.6 is 24.0 Å². The molecule has 218 valence electrons. The third-order valence-corrected chi connectivity index (χ3v) is 10.3. The Balaban J connectivity index is 0.00000387. The second kappa shape index (κ2) is 12.5. The molecule has 2 aliphatic rings. The first-order chi connectivity index (χ1) is 19.1. The summed E-state index contributed by atoms with van der Waals surface area (Å²) in [6.07, 6.45) is 1.13. The lowest BCUT2D eigenvalue weighted by Gasteiger charge is -2.34. The highest BCUT2D eigenvalue weighted by molar-refractivity contribution is 7.89. The van der Waals surface area contributed by atoms with Crippen molar-refractivity contribution in [1.29, 1.82) is 0 Å². The number of carboxylic acids is 2. The van der Waals surface area contributed by atoms with Crippen LogP contribution in [0, 0.1) is 5.92 Å². The molecule has 41 heavy (non-hydrogen) atoms. The zero-order valence-corrected chi connectivity index (χ0v) is 24.6. The molecule has 1 heterocycles. The van der Waals surface area contributed by atoms with Gasteiger partial charge in [0.2, 0.25) is 10.0 Å². The summed E-state index contributed by atoms with van der Waals surface area (Å²) in [5.74, 6) is -2.88. The molecule has 0 radical (unpaired) electrons. The standard InChI is InChI=1S/C30H31ClN2O6S.ClH/c31-25-10-6-21(7-11-25)22-8-12-26(13-9-22)40(38,39)33(19-18-32-16-14-24(15-17-32)28(34)35)30(29(36)37)20-27(30)23-4-2-1-3-5-23;/h1-13,24,27H,14-20H2,(H,34,35)(H,36,37);1H. The van der Waals surface area contributed by atoms with Crippen molar-refractivity contribution in [2.75, 3.05) is 26.2 Å². The molecule has 1 saturated heterocycles. The Morgan fingerprint density at radius 3 is 2.00 bits per heavy atom. The molecule has 8 nitrogen and oxygen atoms in total. The number of nitrogens with zero attached hydrogens (tertiary/aromatic N) is 2. The number of likely N-dealkylation sites (tertiary alicyclic amines) is 1. The van der Waals surface area contributed by atoms with Gasteiger partial charge in [-0.2, -0.15) is 4.31 Å². The molecule has 2 atom stereocenters. The molecule has 1 aliphatic heterocycles. The van der Waals surface area contributed by atoms with Gasteiger partial charge in [-0.15, -0.1) is 12.4 Å². The van der Waals surface area contributed by atoms with Gasteiger partial charge < -0.3 is 15.1 Å². The quantitative estimate of drug-likeness (QED) is 0.320. The summed E-state index contributed by atoms with van der Waals surface area (Å²) in [6, 6.07) is 22.8. The van der Waals surface area contributed by atoms with Crippen LogP contribution < -0.4 is 0 Å². The third kappa shape index (κ3) is 6.29. The molecule has 3 aromatic carbocycles. The van der Waals surface area contributed by atoms with Crippen molar-refractivity contribution in [3.8, 4) is 11.1 Å². The molecule has 1 aliphatic carbocycles. The summed E-state index contributed by atoms with van der Waals surface area (Å²) >= 11 is 5.99. The Morgan fingerprint density at radius 1 is 0.902 bits per heavy atom. The zero-order chi connectivity index (χ0) is 28.5. The largest absolute Gasteiger partial charge is 0.481 e. The van der Waals surface area contributed by atoms with Crippen LogP contribution in [0.3, 0.4) is 0 Å². The molecule has 1 saturated carbocycles. The summed E-state index contributed by atoms with van der Waals surface area (Å²) in [5.41, 5.74) is 0.868. The first-order valence-electron chi connectivity index (χ1n) is 13.3. The van der Waals surface area contributed by atoms with E-state index in [4.69, 9.17) is 11.6 Å². The first-order valence-corrected chi connectivity index (χ1v) is 15.1. The van der Waals surface area contributed by atoms with Gasteiger partial charge >= 0.3 is 11.9 Å². The van der Waals surface area contributed by atoms with Crippen molar-refractivity contribution in [2.24, 2.45) is 5.92 Å². The van der Waals surface area contributed by atoms with Crippen molar-refractivity contribution in [1.82, 2.24) is 9.21 Å². The Morgan fingerprint density at radius 2 is 1.46 bits per heavy atom. The van der Waals surface area contributed by atoms with E-state index in [-0.39, 0.29) is 30.3 Å². The van der Waals surface area contributed by atoms with E-state index in [1.54, 1.807) is 24.3 Å². The van der Waals surface area contributed by atoms with E-state index in [0.29, 0.717) is 37.5 Å². The number of carbonyl (C=O) groups is 2. The van der Waals surface area contributed by atoms with Crippen molar-refractivity contribution in [3.05, 3.63) is 89.4 Å². The molecule has 2 N–H and O–H groups in total. The average molecular weight is 620 g/mol. The summed E-state index contributed by atoms with van der Waals surface area (Å²) < 4.78 is 29.5. The van der Waals surface area contributed by atoms with E-state index in [1.807, 2.05) is 47.4 Å². The highest BCUT2D eigenvalue weighted by atomic mass is 35.5. The van der Waals surface area contributed by atoms with Crippen LogP contribution in [-0.4, -0.2) is 71.5 Å². The van der Waals surface area contributed by atoms with E-state index >= 15 is 0 Å². The Labute approximate surface area is 251 Å². The fourth-order valence-electron chi connectivity index (χ4n) is 5.71. The Kier molecular flexibility index (Phi) is 9.45. The lowest BCUT2D eigenvalue weighted by molar-refractivity contribution is -0.144. The van der Waals surface area contributed by atoms with E-state index in [2.05, 4.69) is 0 Å². The Hall–Kier alpha value is -2.95. The number of aliphatic carboxylic acids is 2. The fourth-order valence-corrected chi connectivity index (χ4v) is 7.60. The topological polar surface area (TPSA) is 115 Å². The maximum absolute atomic E-state index is 14.2. The number of piperidine rings is 1. The van der Waals surface area contributed by atoms with E-state index < -0.39 is 39.3 Å². The SMILES string of the molecule is Cl.O=C(O)C1CCN(CCN(C2(C(=O)O)CC2c2ccccc2)S(=O)(=O)c2ccc(-c3ccc(Cl)cc3)cc2)CC1. The molecule has 0 aromatic heterocycles. The number of carboxylic acid groups (broad SMARTS) is 2. The van der Waals surface area contributed by atoms with Gasteiger partial charge in [-0.25, -0.2) is 8.42 Å². The lowest BCUT2D eigenvalue weighted by Crippen LogP contribution is -2.51. The Bertz CT molecular complexity index is 1480. The molecule has 5 rings (SSSR count). The summed E-state index contributed by atoms with van der Waals surface area (Å²) in [7, 11) is -4.20. The number of benzene rings is 3. The van der Waals surface area contributed by atoms with Crippen molar-refractivity contribution < 1.29 is 28.2 Å². The molecule has 3 aromatic rings. The number of hydrogen-bond donors (Lipinski definition) is 2. The van der Waals surface area contributed by atoms with Crippen molar-refractivity contribution in [2.45, 2.75) is 35.6 Å². The molecule has 0 amide bonds. The zero-order valence-electron chi connectivity index (χ0n) is 22.2. The predicted octanol–water partition coefficient (Wildman–Crippen LogP) is 5.23. The number of rotatable bonds is 10. The minimum atomic E-state index is -4.20. The fraction of sp³-hybridized carbons (Fsp3) is 0.333. The molecular weight excluding hydrogens is 587 g/mol. The molecular formula is C30H32Cl2N2O6S. The maximum atomic E-state index is 14.2. The monoisotopic (exact) mass is 618 g/mol. The summed E-state index contributed by atoms with van der Waals surface area (Å²) in [6.45, 7) is 1.32. The van der Waals surface area contributed by atoms with Crippen LogP contribution in [-0.2, 0) is 19.6 Å². The second-order valence-electron chi connectivity index (χ2n) is 10.5. The van der Waals surface area contributed by atoms with Crippen LogP contribution in [0.15, 0.2) is 83.8 Å². The van der Waals surface area contributed by atoms with E-state index in [0.717, 1.165) is 16.7 Å². The minimum Gasteiger partial charge on any atom is -0.481 e. The van der Waals surface area contributed by atoms with Gasteiger partial charge in [0.1, 0.15) is 5.54 Å². The minimum absolute atomic E-state index is 0. The number of halogens is 2. The van der Waals surface area contributed by atoms with Crippen molar-refractivity contribution >= 4 is 46.0 Å². The van der Waals surface area contributed by atoms with E-state index in [9.17, 15) is 28.2 Å². The van der Waals surface area contributed by atoms with Gasteiger partial charge in [-0.1, -0.05) is 66.2 Å². The summed E-state index contributed by atoms with van der Waals surface area (Å²) in [5, 5.41) is 20.4. The van der Waals surface area contributed by atoms with E-state index in [1.165, 1.54) is 16.4 Å². The third-order valence-electron chi connectivity index (χ3n) is 8.13. The molecule has 0 spiro atoms. The molecule has 11 heteroatoms. The van der Waals surface area contributed by atoms with Crippen molar-refractivity contribution in [3.63, 3.8) is 0 Å². The van der Waals surface area contributed by atoms with Crippen LogP contribution in [0.1, 0.15) is 30.7 Å². The summed E-state index contributed by atoms with van der Waals surface area (Å²) in [4.78, 5) is 26.2. The van der Waals surface area contributed by atoms with Gasteiger partial charge in [-0.3, -0.25) is 9.59 Å². The van der Waals surface area contributed by atoms with Gasteiger partial charge in [-0.05, 0) is 73.3 Å². The molecule has 2 unspecified atom stereocenters. The average Bonchev–Trinajstić information content (AvgIpc) is 3.71. The second-order valence-corrected chi connectivity index (χ2v) is 12.8. The first kappa shape index (κ1) is 31.0. The van der Waals surface area contributed by atoms with Gasteiger partial charge in [0, 0.05) is 24.0 Å². The highest BCUT2D eigenvalue weighted by Gasteiger charge is 2.67. The lowest BCUT2D eigenvalue weighted by atomic mass is 9.97. The van der Waals surface area contributed by atoms with Crippen LogP contribution in [0.5, 0.6) is 0 Å². The maximum Gasteiger partial charge on any atom is 0.325 e. The number of hydrogen-bond acceptors (Lipinski definition) is 5. The molecule has 0 bridgehead atoms. The van der Waals surface area contributed by atoms with Gasteiger partial charge in [0.15, 0.2) is 0 Å². The predicted molar refractivity (Wildman–Crippen MR) is 159 cm³/mol. The van der Waals surface area contributed by atoms with Gasteiger partial charge in [0.05, 0.1) is 10.8 Å². The van der Waals surface area contributed by atoms with Crippen LogP contribution in [0.4, 0.5) is 0 Å². The van der Waals surface area contributed by atoms with Gasteiger partial charge in [0.25, 0.3) is 0 Å². The van der Waals surface area contributed by atoms with Crippen LogP contribution in [0.2, 0.25) is 5.02 Å². The smallest absolute Gasteiger partial charge is 0.325 e. The molecule has 2 fully saturated rings. The normalized spacial score (nSPS) is 21.3.